The van der Waals surface area contributed by atoms with Gasteiger partial charge in [0.1, 0.15) is 12.4 Å². The van der Waals surface area contributed by atoms with E-state index < -0.39 is 0 Å². The molecule has 1 atom stereocenters. The smallest absolute Gasteiger partial charge is 0.161 e. The van der Waals surface area contributed by atoms with Gasteiger partial charge in [-0.3, -0.25) is 4.90 Å². The molecule has 6 heteroatoms. The molecule has 28 heavy (non-hydrogen) atoms. The Labute approximate surface area is 173 Å². The summed E-state index contributed by atoms with van der Waals surface area (Å²) in [5.41, 5.74) is 2.41. The van der Waals surface area contributed by atoms with Gasteiger partial charge >= 0.3 is 0 Å². The summed E-state index contributed by atoms with van der Waals surface area (Å²) in [5.74, 6) is 2.42. The lowest BCUT2D eigenvalue weighted by atomic mass is 10.0. The van der Waals surface area contributed by atoms with E-state index >= 15 is 0 Å². The van der Waals surface area contributed by atoms with Crippen molar-refractivity contribution in [2.75, 3.05) is 40.5 Å². The van der Waals surface area contributed by atoms with Crippen molar-refractivity contribution in [1.29, 1.82) is 0 Å². The Morgan fingerprint density at radius 2 is 1.89 bits per heavy atom. The third kappa shape index (κ3) is 5.19. The standard InChI is InChI=1S/C22H28N2O3.ClH/c1-4-13-27-21-10-9-17(14-22(21)26-3)16-24-12-11-23-15-19(24)18-7-5-6-8-20(18)25-2;/h4-10,14,19,23H,1,11-13,15-16H2,2-3H3;1H. The van der Waals surface area contributed by atoms with E-state index in [0.29, 0.717) is 6.61 Å². The normalized spacial score (nSPS) is 16.7. The van der Waals surface area contributed by atoms with Gasteiger partial charge in [-0.25, -0.2) is 0 Å². The lowest BCUT2D eigenvalue weighted by Gasteiger charge is -2.37. The third-order valence-corrected chi connectivity index (χ3v) is 4.82. The Kier molecular flexibility index (Phi) is 8.64. The number of nitrogens with zero attached hydrogens (tertiary/aromatic N) is 1. The Morgan fingerprint density at radius 1 is 1.11 bits per heavy atom. The Balaban J connectivity index is 0.00000280. The van der Waals surface area contributed by atoms with Gasteiger partial charge in [0.25, 0.3) is 0 Å². The fourth-order valence-electron chi connectivity index (χ4n) is 3.50. The highest BCUT2D eigenvalue weighted by Crippen LogP contribution is 2.33. The van der Waals surface area contributed by atoms with Crippen molar-refractivity contribution in [2.24, 2.45) is 0 Å². The summed E-state index contributed by atoms with van der Waals surface area (Å²) in [6.45, 7) is 7.83. The second kappa shape index (κ2) is 11.0. The number of rotatable bonds is 8. The minimum Gasteiger partial charge on any atom is -0.496 e. The molecule has 5 nitrogen and oxygen atoms in total. The largest absolute Gasteiger partial charge is 0.496 e. The first-order valence-corrected chi connectivity index (χ1v) is 9.25. The number of piperazine rings is 1. The molecule has 0 radical (unpaired) electrons. The van der Waals surface area contributed by atoms with E-state index in [4.69, 9.17) is 14.2 Å². The molecule has 0 aromatic heterocycles. The first kappa shape index (κ1) is 22.1. The van der Waals surface area contributed by atoms with Gasteiger partial charge in [0, 0.05) is 31.7 Å². The molecule has 0 saturated carbocycles. The molecule has 2 aromatic carbocycles. The van der Waals surface area contributed by atoms with E-state index in [1.807, 2.05) is 18.2 Å². The fourth-order valence-corrected chi connectivity index (χ4v) is 3.50. The molecule has 0 amide bonds. The van der Waals surface area contributed by atoms with E-state index in [9.17, 15) is 0 Å². The first-order chi connectivity index (χ1) is 13.3. The molecule has 3 rings (SSSR count). The highest BCUT2D eigenvalue weighted by molar-refractivity contribution is 5.85. The zero-order valence-corrected chi connectivity index (χ0v) is 17.3. The van der Waals surface area contributed by atoms with Crippen LogP contribution in [0.1, 0.15) is 17.2 Å². The van der Waals surface area contributed by atoms with E-state index in [0.717, 1.165) is 43.4 Å². The molecule has 1 saturated heterocycles. The highest BCUT2D eigenvalue weighted by atomic mass is 35.5. The van der Waals surface area contributed by atoms with Crippen LogP contribution in [0.2, 0.25) is 0 Å². The molecular formula is C22H29ClN2O3. The Hall–Kier alpha value is -2.21. The maximum Gasteiger partial charge on any atom is 0.161 e. The van der Waals surface area contributed by atoms with Crippen molar-refractivity contribution >= 4 is 12.4 Å². The lowest BCUT2D eigenvalue weighted by Crippen LogP contribution is -2.45. The fraction of sp³-hybridized carbons (Fsp3) is 0.364. The molecule has 1 N–H and O–H groups in total. The molecule has 0 aliphatic carbocycles. The van der Waals surface area contributed by atoms with Crippen LogP contribution in [0.3, 0.4) is 0 Å². The predicted molar refractivity (Wildman–Crippen MR) is 115 cm³/mol. The van der Waals surface area contributed by atoms with Crippen LogP contribution in [0.5, 0.6) is 17.2 Å². The van der Waals surface area contributed by atoms with Crippen molar-refractivity contribution in [3.8, 4) is 17.2 Å². The topological polar surface area (TPSA) is 43.0 Å². The maximum atomic E-state index is 5.66. The van der Waals surface area contributed by atoms with Crippen LogP contribution in [-0.4, -0.2) is 45.4 Å². The lowest BCUT2D eigenvalue weighted by molar-refractivity contribution is 0.151. The van der Waals surface area contributed by atoms with Crippen molar-refractivity contribution in [2.45, 2.75) is 12.6 Å². The summed E-state index contributed by atoms with van der Waals surface area (Å²) >= 11 is 0. The molecule has 2 aromatic rings. The van der Waals surface area contributed by atoms with E-state index in [1.165, 1.54) is 11.1 Å². The van der Waals surface area contributed by atoms with Crippen molar-refractivity contribution in [3.63, 3.8) is 0 Å². The van der Waals surface area contributed by atoms with Gasteiger partial charge in [-0.15, -0.1) is 12.4 Å². The molecule has 1 fully saturated rings. The SMILES string of the molecule is C=CCOc1ccc(CN2CCNCC2c2ccccc2OC)cc1OC.Cl. The van der Waals surface area contributed by atoms with Crippen molar-refractivity contribution < 1.29 is 14.2 Å². The molecular weight excluding hydrogens is 376 g/mol. The van der Waals surface area contributed by atoms with Crippen LogP contribution in [0.4, 0.5) is 0 Å². The van der Waals surface area contributed by atoms with Crippen LogP contribution < -0.4 is 19.5 Å². The highest BCUT2D eigenvalue weighted by Gasteiger charge is 2.26. The summed E-state index contributed by atoms with van der Waals surface area (Å²) in [4.78, 5) is 2.48. The second-order valence-electron chi connectivity index (χ2n) is 6.52. The number of para-hydroxylation sites is 1. The monoisotopic (exact) mass is 404 g/mol. The van der Waals surface area contributed by atoms with Gasteiger partial charge in [0.15, 0.2) is 11.5 Å². The zero-order chi connectivity index (χ0) is 19.1. The molecule has 1 unspecified atom stereocenters. The number of ether oxygens (including phenoxy) is 3. The van der Waals surface area contributed by atoms with Crippen LogP contribution in [0, 0.1) is 0 Å². The average molecular weight is 405 g/mol. The summed E-state index contributed by atoms with van der Waals surface area (Å²) in [7, 11) is 3.40. The van der Waals surface area contributed by atoms with Crippen LogP contribution in [-0.2, 0) is 6.54 Å². The number of nitrogens with one attached hydrogen (secondary N) is 1. The molecule has 152 valence electrons. The van der Waals surface area contributed by atoms with Gasteiger partial charge in [0.2, 0.25) is 0 Å². The second-order valence-corrected chi connectivity index (χ2v) is 6.52. The number of hydrogen-bond donors (Lipinski definition) is 1. The molecule has 1 heterocycles. The summed E-state index contributed by atoms with van der Waals surface area (Å²) < 4.78 is 16.8. The van der Waals surface area contributed by atoms with Crippen molar-refractivity contribution in [1.82, 2.24) is 10.2 Å². The van der Waals surface area contributed by atoms with Crippen LogP contribution in [0.15, 0.2) is 55.1 Å². The number of hydrogen-bond acceptors (Lipinski definition) is 5. The minimum absolute atomic E-state index is 0. The number of methoxy groups -OCH3 is 2. The predicted octanol–water partition coefficient (Wildman–Crippen LogP) is 3.84. The summed E-state index contributed by atoms with van der Waals surface area (Å²) in [6, 6.07) is 14.6. The Morgan fingerprint density at radius 3 is 2.64 bits per heavy atom. The Bertz CT molecular complexity index is 769. The number of benzene rings is 2. The van der Waals surface area contributed by atoms with E-state index in [2.05, 4.69) is 41.1 Å². The maximum absolute atomic E-state index is 5.66. The summed E-state index contributed by atoms with van der Waals surface area (Å²) in [6.07, 6.45) is 1.73. The molecule has 0 spiro atoms. The van der Waals surface area contributed by atoms with Gasteiger partial charge < -0.3 is 19.5 Å². The van der Waals surface area contributed by atoms with Crippen LogP contribution >= 0.6 is 12.4 Å². The molecule has 1 aliphatic rings. The quantitative estimate of drug-likeness (QED) is 0.677. The summed E-state index contributed by atoms with van der Waals surface area (Å²) in [5, 5.41) is 3.50. The third-order valence-electron chi connectivity index (χ3n) is 4.82. The number of halogens is 1. The molecule has 1 aliphatic heterocycles. The van der Waals surface area contributed by atoms with Gasteiger partial charge in [-0.05, 0) is 23.8 Å². The van der Waals surface area contributed by atoms with Gasteiger partial charge in [0.05, 0.1) is 20.3 Å². The van der Waals surface area contributed by atoms with Crippen LogP contribution in [0.25, 0.3) is 0 Å². The van der Waals surface area contributed by atoms with Crippen molar-refractivity contribution in [3.05, 3.63) is 66.2 Å². The van der Waals surface area contributed by atoms with E-state index in [1.54, 1.807) is 20.3 Å². The molecule has 0 bridgehead atoms. The van der Waals surface area contributed by atoms with E-state index in [-0.39, 0.29) is 18.4 Å². The zero-order valence-electron chi connectivity index (χ0n) is 16.5. The van der Waals surface area contributed by atoms with Gasteiger partial charge in [-0.1, -0.05) is 36.9 Å². The van der Waals surface area contributed by atoms with Gasteiger partial charge in [-0.2, -0.15) is 0 Å². The minimum atomic E-state index is 0. The average Bonchev–Trinajstić information content (AvgIpc) is 2.73. The first-order valence-electron chi connectivity index (χ1n) is 9.25.